The van der Waals surface area contributed by atoms with Crippen LogP contribution in [0.15, 0.2) is 24.5 Å². The number of H-pyrrole nitrogens is 1. The van der Waals surface area contributed by atoms with Gasteiger partial charge in [0.2, 0.25) is 0 Å². The van der Waals surface area contributed by atoms with E-state index in [-0.39, 0.29) is 5.41 Å². The van der Waals surface area contributed by atoms with E-state index in [1.54, 1.807) is 6.33 Å². The lowest BCUT2D eigenvalue weighted by molar-refractivity contribution is -0.0947. The molecule has 2 saturated heterocycles. The first-order valence-corrected chi connectivity index (χ1v) is 7.11. The number of nitrogens with one attached hydrogen (secondary N) is 2. The van der Waals surface area contributed by atoms with Gasteiger partial charge in [0.15, 0.2) is 0 Å². The van der Waals surface area contributed by atoms with Crippen molar-refractivity contribution in [2.45, 2.75) is 18.3 Å². The molecule has 0 spiro atoms. The first-order valence-electron chi connectivity index (χ1n) is 7.11. The van der Waals surface area contributed by atoms with E-state index in [9.17, 15) is 0 Å². The number of fused-ring (bicyclic) bond motifs is 1. The maximum absolute atomic E-state index is 5.59. The Morgan fingerprint density at radius 2 is 2.26 bits per heavy atom. The SMILES string of the molecule is c1nc2ccc(C3(C4CCCNC4)COC3)cc2[nH]1. The van der Waals surface area contributed by atoms with Crippen LogP contribution in [0, 0.1) is 5.92 Å². The predicted molar refractivity (Wildman–Crippen MR) is 74.2 cm³/mol. The lowest BCUT2D eigenvalue weighted by Gasteiger charge is -2.49. The first kappa shape index (κ1) is 11.4. The van der Waals surface area contributed by atoms with E-state index >= 15 is 0 Å². The summed E-state index contributed by atoms with van der Waals surface area (Å²) in [5.74, 6) is 0.690. The van der Waals surface area contributed by atoms with E-state index < -0.39 is 0 Å². The molecule has 0 saturated carbocycles. The maximum atomic E-state index is 5.59. The third-order valence-electron chi connectivity index (χ3n) is 4.79. The monoisotopic (exact) mass is 257 g/mol. The van der Waals surface area contributed by atoms with Gasteiger partial charge in [-0.1, -0.05) is 6.07 Å². The molecule has 0 aliphatic carbocycles. The lowest BCUT2D eigenvalue weighted by atomic mass is 9.66. The summed E-state index contributed by atoms with van der Waals surface area (Å²) < 4.78 is 5.59. The molecule has 1 atom stereocenters. The average Bonchev–Trinajstić information content (AvgIpc) is 2.86. The van der Waals surface area contributed by atoms with Crippen LogP contribution in [0.25, 0.3) is 11.0 Å². The Bertz CT molecular complexity index is 582. The molecule has 2 aliphatic rings. The van der Waals surface area contributed by atoms with E-state index in [1.165, 1.54) is 18.4 Å². The normalized spacial score (nSPS) is 26.2. The summed E-state index contributed by atoms with van der Waals surface area (Å²) in [7, 11) is 0. The van der Waals surface area contributed by atoms with Crippen molar-refractivity contribution in [3.8, 4) is 0 Å². The second kappa shape index (κ2) is 4.32. The summed E-state index contributed by atoms with van der Waals surface area (Å²) in [5.41, 5.74) is 3.80. The van der Waals surface area contributed by atoms with Gasteiger partial charge in [0.05, 0.1) is 30.6 Å². The standard InChI is InChI=1S/C15H19N3O/c1-2-12(7-16-5-1)15(8-19-9-15)11-3-4-13-14(6-11)18-10-17-13/h3-4,6,10,12,16H,1-2,5,7-9H2,(H,17,18). The molecule has 2 fully saturated rings. The maximum Gasteiger partial charge on any atom is 0.0931 e. The molecule has 0 amide bonds. The van der Waals surface area contributed by atoms with Gasteiger partial charge in [-0.05, 0) is 49.5 Å². The molecule has 3 heterocycles. The van der Waals surface area contributed by atoms with Gasteiger partial charge in [0, 0.05) is 5.41 Å². The van der Waals surface area contributed by atoms with Crippen LogP contribution in [-0.4, -0.2) is 36.3 Å². The predicted octanol–water partition coefficient (Wildman–Crippen LogP) is 1.83. The molecule has 4 nitrogen and oxygen atoms in total. The summed E-state index contributed by atoms with van der Waals surface area (Å²) in [6, 6.07) is 6.62. The molecular formula is C15H19N3O. The summed E-state index contributed by atoms with van der Waals surface area (Å²) in [4.78, 5) is 7.51. The molecule has 2 N–H and O–H groups in total. The van der Waals surface area contributed by atoms with Crippen molar-refractivity contribution in [2.24, 2.45) is 5.92 Å². The van der Waals surface area contributed by atoms with Crippen LogP contribution in [-0.2, 0) is 10.2 Å². The van der Waals surface area contributed by atoms with Gasteiger partial charge in [-0.25, -0.2) is 4.98 Å². The Labute approximate surface area is 112 Å². The van der Waals surface area contributed by atoms with E-state index in [0.717, 1.165) is 37.3 Å². The Morgan fingerprint density at radius 1 is 1.32 bits per heavy atom. The van der Waals surface area contributed by atoms with Gasteiger partial charge in [-0.2, -0.15) is 0 Å². The van der Waals surface area contributed by atoms with Crippen LogP contribution in [0.3, 0.4) is 0 Å². The molecular weight excluding hydrogens is 238 g/mol. The molecule has 0 bridgehead atoms. The van der Waals surface area contributed by atoms with Crippen LogP contribution < -0.4 is 5.32 Å². The number of ether oxygens (including phenoxy) is 1. The number of nitrogens with zero attached hydrogens (tertiary/aromatic N) is 1. The molecule has 100 valence electrons. The van der Waals surface area contributed by atoms with Crippen LogP contribution in [0.2, 0.25) is 0 Å². The Hall–Kier alpha value is -1.39. The lowest BCUT2D eigenvalue weighted by Crippen LogP contribution is -2.56. The van der Waals surface area contributed by atoms with Gasteiger partial charge >= 0.3 is 0 Å². The number of aromatic amines is 1. The average molecular weight is 257 g/mol. The minimum Gasteiger partial charge on any atom is -0.379 e. The number of aromatic nitrogens is 2. The van der Waals surface area contributed by atoms with Crippen LogP contribution in [0.1, 0.15) is 18.4 Å². The summed E-state index contributed by atoms with van der Waals surface area (Å²) in [5, 5.41) is 3.53. The summed E-state index contributed by atoms with van der Waals surface area (Å²) >= 11 is 0. The van der Waals surface area contributed by atoms with Crippen molar-refractivity contribution in [1.82, 2.24) is 15.3 Å². The zero-order chi connectivity index (χ0) is 12.7. The Morgan fingerprint density at radius 3 is 3.00 bits per heavy atom. The largest absolute Gasteiger partial charge is 0.379 e. The minimum atomic E-state index is 0.215. The van der Waals surface area contributed by atoms with Gasteiger partial charge in [0.25, 0.3) is 0 Å². The van der Waals surface area contributed by atoms with Crippen molar-refractivity contribution in [1.29, 1.82) is 0 Å². The van der Waals surface area contributed by atoms with Gasteiger partial charge in [-0.15, -0.1) is 0 Å². The number of benzene rings is 1. The molecule has 1 unspecified atom stereocenters. The van der Waals surface area contributed by atoms with Crippen molar-refractivity contribution in [2.75, 3.05) is 26.3 Å². The van der Waals surface area contributed by atoms with E-state index in [1.807, 2.05) is 0 Å². The highest BCUT2D eigenvalue weighted by Gasteiger charge is 2.47. The quantitative estimate of drug-likeness (QED) is 0.863. The number of imidazole rings is 1. The van der Waals surface area contributed by atoms with E-state index in [4.69, 9.17) is 4.74 Å². The second-order valence-corrected chi connectivity index (χ2v) is 5.83. The molecule has 1 aromatic heterocycles. The van der Waals surface area contributed by atoms with Crippen molar-refractivity contribution in [3.05, 3.63) is 30.1 Å². The van der Waals surface area contributed by atoms with Crippen LogP contribution in [0.5, 0.6) is 0 Å². The van der Waals surface area contributed by atoms with E-state index in [0.29, 0.717) is 5.92 Å². The van der Waals surface area contributed by atoms with Gasteiger partial charge in [-0.3, -0.25) is 0 Å². The summed E-state index contributed by atoms with van der Waals surface area (Å²) in [6.07, 6.45) is 4.34. The smallest absolute Gasteiger partial charge is 0.0931 e. The fraction of sp³-hybridized carbons (Fsp3) is 0.533. The zero-order valence-electron chi connectivity index (χ0n) is 11.0. The fourth-order valence-electron chi connectivity index (χ4n) is 3.53. The highest BCUT2D eigenvalue weighted by atomic mass is 16.5. The minimum absolute atomic E-state index is 0.215. The third-order valence-corrected chi connectivity index (χ3v) is 4.79. The number of hydrogen-bond acceptors (Lipinski definition) is 3. The molecule has 1 aromatic carbocycles. The summed E-state index contributed by atoms with van der Waals surface area (Å²) in [6.45, 7) is 4.00. The Kier molecular flexibility index (Phi) is 2.60. The molecule has 2 aromatic rings. The zero-order valence-corrected chi connectivity index (χ0v) is 11.0. The van der Waals surface area contributed by atoms with Gasteiger partial charge in [0.1, 0.15) is 0 Å². The van der Waals surface area contributed by atoms with Crippen LogP contribution in [0.4, 0.5) is 0 Å². The second-order valence-electron chi connectivity index (χ2n) is 5.83. The van der Waals surface area contributed by atoms with Crippen molar-refractivity contribution >= 4 is 11.0 Å². The molecule has 2 aliphatic heterocycles. The highest BCUT2D eigenvalue weighted by molar-refractivity contribution is 5.75. The third kappa shape index (κ3) is 1.70. The fourth-order valence-corrected chi connectivity index (χ4v) is 3.53. The van der Waals surface area contributed by atoms with Gasteiger partial charge < -0.3 is 15.0 Å². The first-order chi connectivity index (χ1) is 9.38. The van der Waals surface area contributed by atoms with E-state index in [2.05, 4.69) is 33.5 Å². The van der Waals surface area contributed by atoms with Crippen molar-refractivity contribution in [3.63, 3.8) is 0 Å². The molecule has 4 rings (SSSR count). The van der Waals surface area contributed by atoms with Crippen molar-refractivity contribution < 1.29 is 4.74 Å². The number of hydrogen-bond donors (Lipinski definition) is 2. The number of piperidine rings is 1. The topological polar surface area (TPSA) is 49.9 Å². The highest BCUT2D eigenvalue weighted by Crippen LogP contribution is 2.42. The number of rotatable bonds is 2. The molecule has 0 radical (unpaired) electrons. The Balaban J connectivity index is 1.74. The molecule has 4 heteroatoms. The van der Waals surface area contributed by atoms with Crippen LogP contribution >= 0.6 is 0 Å². The molecule has 19 heavy (non-hydrogen) atoms.